The molecule has 2 aliphatic rings. The maximum Gasteiger partial charge on any atom is 0.442 e. The van der Waals surface area contributed by atoms with Crippen LogP contribution in [0, 0.1) is 6.92 Å². The lowest BCUT2D eigenvalue weighted by Crippen LogP contribution is -2.57. The van der Waals surface area contributed by atoms with E-state index in [0.717, 1.165) is 42.7 Å². The van der Waals surface area contributed by atoms with Crippen LogP contribution in [0.25, 0.3) is 32.7 Å². The molecule has 0 amide bonds. The maximum atomic E-state index is 14.8. The average Bonchev–Trinajstić information content (AvgIpc) is 3.02. The summed E-state index contributed by atoms with van der Waals surface area (Å²) < 4.78 is 140. The first-order valence-corrected chi connectivity index (χ1v) is 14.8. The van der Waals surface area contributed by atoms with Gasteiger partial charge in [-0.25, -0.2) is 9.98 Å². The Bertz CT molecular complexity index is 2200. The highest BCUT2D eigenvalue weighted by Crippen LogP contribution is 2.58. The monoisotopic (exact) mass is 686 g/mol. The van der Waals surface area contributed by atoms with E-state index in [0.29, 0.717) is 6.07 Å². The molecule has 7 rings (SSSR count). The predicted molar refractivity (Wildman–Crippen MR) is 166 cm³/mol. The smallest absolute Gasteiger partial charge is 0.442 e. The number of nitrogens with zero attached hydrogens (tertiary/aromatic N) is 2. The first kappa shape index (κ1) is 32.5. The Morgan fingerprint density at radius 1 is 0.531 bits per heavy atom. The third kappa shape index (κ3) is 4.84. The molecular formula is C36H23F9N2O2. The molecule has 0 aromatic heterocycles. The summed E-state index contributed by atoms with van der Waals surface area (Å²) in [4.78, 5) is 8.44. The second-order valence-electron chi connectivity index (χ2n) is 12.1. The number of hydrogen-bond acceptors (Lipinski definition) is 4. The molecule has 0 radical (unpaired) electrons. The van der Waals surface area contributed by atoms with Gasteiger partial charge in [0, 0.05) is 34.4 Å². The second kappa shape index (κ2) is 10.5. The van der Waals surface area contributed by atoms with Crippen molar-refractivity contribution in [2.75, 3.05) is 0 Å². The van der Waals surface area contributed by atoms with Crippen molar-refractivity contribution in [3.63, 3.8) is 0 Å². The Kier molecular flexibility index (Phi) is 6.94. The van der Waals surface area contributed by atoms with Gasteiger partial charge in [-0.1, -0.05) is 66.2 Å². The highest BCUT2D eigenvalue weighted by atomic mass is 19.4. The summed E-state index contributed by atoms with van der Waals surface area (Å²) in [7, 11) is 0. The number of aliphatic imine (C=N–C) groups is 2. The van der Waals surface area contributed by atoms with E-state index in [9.17, 15) is 39.5 Å². The Morgan fingerprint density at radius 2 is 1.00 bits per heavy atom. The number of halogens is 9. The normalized spacial score (nSPS) is 19.0. The molecular weight excluding hydrogens is 663 g/mol. The highest BCUT2D eigenvalue weighted by Gasteiger charge is 2.76. The summed E-state index contributed by atoms with van der Waals surface area (Å²) in [5.74, 6) is -1.18. The third-order valence-corrected chi connectivity index (χ3v) is 8.93. The number of aryl methyl sites for hydroxylation is 1. The Labute approximate surface area is 272 Å². The average molecular weight is 687 g/mol. The quantitative estimate of drug-likeness (QED) is 0.137. The molecule has 0 aliphatic carbocycles. The topological polar surface area (TPSA) is 43.2 Å². The van der Waals surface area contributed by atoms with Crippen LogP contribution in [0.3, 0.4) is 0 Å². The van der Waals surface area contributed by atoms with Crippen molar-refractivity contribution in [2.45, 2.75) is 50.5 Å². The van der Waals surface area contributed by atoms with Crippen LogP contribution in [0.1, 0.15) is 36.1 Å². The van der Waals surface area contributed by atoms with Gasteiger partial charge in [0.25, 0.3) is 0 Å². The van der Waals surface area contributed by atoms with Crippen molar-refractivity contribution < 1.29 is 49.0 Å². The van der Waals surface area contributed by atoms with Gasteiger partial charge in [0.2, 0.25) is 11.5 Å². The standard InChI is InChI=1S/C36H23F9N2O2/c1-18-4-6-20(7-5-18)21-8-10-22(11-9-21)31-47-29-25-16-24-13-15-28-30(46-19(2)48-33(28,35(40,41)42)36(43,44)45)26(24)17-23(25)12-14-27(29)32(3,49-31)34(37,38)39/h4-17H,1-3H3. The van der Waals surface area contributed by atoms with Gasteiger partial charge < -0.3 is 9.47 Å². The number of hydrogen-bond donors (Lipinski definition) is 0. The molecule has 5 aromatic rings. The summed E-state index contributed by atoms with van der Waals surface area (Å²) >= 11 is 0. The number of benzene rings is 5. The number of fused-ring (bicyclic) bond motifs is 6. The maximum absolute atomic E-state index is 14.8. The van der Waals surface area contributed by atoms with Crippen LogP contribution < -0.4 is 0 Å². The fourth-order valence-electron chi connectivity index (χ4n) is 6.32. The van der Waals surface area contributed by atoms with E-state index in [1.165, 1.54) is 18.2 Å². The molecule has 5 aromatic carbocycles. The SMILES string of the molecule is CC1=Nc2c(ccc3cc4c5c(ccc4cc23)C(C)(C(F)(F)F)OC(c2ccc(-c3ccc(C)cc3)cc2)=N5)C(C(F)(F)F)(C(F)(F)F)O1. The van der Waals surface area contributed by atoms with Crippen LogP contribution in [0.5, 0.6) is 0 Å². The van der Waals surface area contributed by atoms with Crippen molar-refractivity contribution in [3.8, 4) is 11.1 Å². The molecule has 1 unspecified atom stereocenters. The highest BCUT2D eigenvalue weighted by molar-refractivity contribution is 6.10. The van der Waals surface area contributed by atoms with E-state index in [2.05, 4.69) is 14.7 Å². The van der Waals surface area contributed by atoms with E-state index in [1.807, 2.05) is 31.2 Å². The number of rotatable bonds is 2. The summed E-state index contributed by atoms with van der Waals surface area (Å²) in [5.41, 5.74) is -6.82. The van der Waals surface area contributed by atoms with E-state index >= 15 is 0 Å². The molecule has 1 atom stereocenters. The first-order valence-electron chi connectivity index (χ1n) is 14.8. The van der Waals surface area contributed by atoms with Gasteiger partial charge in [-0.2, -0.15) is 39.5 Å². The molecule has 2 heterocycles. The van der Waals surface area contributed by atoms with E-state index in [-0.39, 0.29) is 44.3 Å². The van der Waals surface area contributed by atoms with Crippen LogP contribution in [0.2, 0.25) is 0 Å². The Hall–Kier alpha value is -5.07. The lowest BCUT2D eigenvalue weighted by Gasteiger charge is -2.40. The summed E-state index contributed by atoms with van der Waals surface area (Å²) in [5, 5.41) is 0.402. The van der Waals surface area contributed by atoms with Gasteiger partial charge in [-0.05, 0) is 60.0 Å². The van der Waals surface area contributed by atoms with Crippen molar-refractivity contribution in [2.24, 2.45) is 9.98 Å². The summed E-state index contributed by atoms with van der Waals surface area (Å²) in [6.07, 6.45) is -16.7. The summed E-state index contributed by atoms with van der Waals surface area (Å²) in [6, 6.07) is 21.0. The van der Waals surface area contributed by atoms with E-state index < -0.39 is 46.9 Å². The van der Waals surface area contributed by atoms with Gasteiger partial charge in [0.1, 0.15) is 0 Å². The molecule has 0 fully saturated rings. The van der Waals surface area contributed by atoms with Crippen molar-refractivity contribution in [1.82, 2.24) is 0 Å². The minimum absolute atomic E-state index is 0.0907. The Balaban J connectivity index is 1.44. The molecule has 0 spiro atoms. The lowest BCUT2D eigenvalue weighted by molar-refractivity contribution is -0.370. The number of ether oxygens (including phenoxy) is 2. The van der Waals surface area contributed by atoms with Gasteiger partial charge in [0.15, 0.2) is 5.90 Å². The third-order valence-electron chi connectivity index (χ3n) is 8.93. The number of alkyl halides is 9. The minimum atomic E-state index is -5.91. The zero-order chi connectivity index (χ0) is 35.3. The predicted octanol–water partition coefficient (Wildman–Crippen LogP) is 11.3. The zero-order valence-corrected chi connectivity index (χ0v) is 25.7. The minimum Gasteiger partial charge on any atom is -0.456 e. The van der Waals surface area contributed by atoms with Gasteiger partial charge in [-0.3, -0.25) is 0 Å². The Morgan fingerprint density at radius 3 is 1.51 bits per heavy atom. The van der Waals surface area contributed by atoms with Crippen molar-refractivity contribution in [1.29, 1.82) is 0 Å². The van der Waals surface area contributed by atoms with Crippen molar-refractivity contribution in [3.05, 3.63) is 107 Å². The zero-order valence-electron chi connectivity index (χ0n) is 25.7. The van der Waals surface area contributed by atoms with E-state index in [4.69, 9.17) is 4.74 Å². The molecule has 2 aliphatic heterocycles. The molecule has 0 saturated carbocycles. The molecule has 0 bridgehead atoms. The van der Waals surface area contributed by atoms with Gasteiger partial charge >= 0.3 is 24.1 Å². The van der Waals surface area contributed by atoms with Crippen LogP contribution >= 0.6 is 0 Å². The van der Waals surface area contributed by atoms with E-state index in [1.54, 1.807) is 24.3 Å². The van der Waals surface area contributed by atoms with Crippen molar-refractivity contribution >= 4 is 44.7 Å². The second-order valence-corrected chi connectivity index (χ2v) is 12.1. The molecule has 252 valence electrons. The molecule has 0 saturated heterocycles. The molecule has 49 heavy (non-hydrogen) atoms. The molecule has 13 heteroatoms. The lowest BCUT2D eigenvalue weighted by atomic mass is 9.85. The summed E-state index contributed by atoms with van der Waals surface area (Å²) in [6.45, 7) is 3.69. The molecule has 0 N–H and O–H groups in total. The van der Waals surface area contributed by atoms with Gasteiger partial charge in [-0.15, -0.1) is 0 Å². The fraction of sp³-hybridized carbons (Fsp3) is 0.222. The largest absolute Gasteiger partial charge is 0.456 e. The van der Waals surface area contributed by atoms with Crippen LogP contribution in [-0.4, -0.2) is 30.3 Å². The van der Waals surface area contributed by atoms with Crippen LogP contribution in [0.15, 0.2) is 94.9 Å². The van der Waals surface area contributed by atoms with Crippen LogP contribution in [-0.2, 0) is 20.7 Å². The van der Waals surface area contributed by atoms with Gasteiger partial charge in [0.05, 0.1) is 11.4 Å². The molecule has 4 nitrogen and oxygen atoms in total. The fourth-order valence-corrected chi connectivity index (χ4v) is 6.32. The first-order chi connectivity index (χ1) is 22.8. The van der Waals surface area contributed by atoms with Crippen LogP contribution in [0.4, 0.5) is 50.9 Å².